The number of nitrogens with zero attached hydrogens (tertiary/aromatic N) is 1. The molecule has 0 aliphatic heterocycles. The highest BCUT2D eigenvalue weighted by Crippen LogP contribution is 2.31. The first-order valence-corrected chi connectivity index (χ1v) is 6.56. The maximum absolute atomic E-state index is 3.71. The molecule has 0 saturated heterocycles. The van der Waals surface area contributed by atoms with Crippen molar-refractivity contribution in [3.8, 4) is 0 Å². The summed E-state index contributed by atoms with van der Waals surface area (Å²) in [5.74, 6) is 1.90. The highest BCUT2D eigenvalue weighted by molar-refractivity contribution is 4.90. The summed E-state index contributed by atoms with van der Waals surface area (Å²) in [6.07, 6.45) is 7.07. The van der Waals surface area contributed by atoms with Gasteiger partial charge in [-0.3, -0.25) is 0 Å². The van der Waals surface area contributed by atoms with Crippen molar-refractivity contribution in [1.29, 1.82) is 0 Å². The Bertz CT molecular complexity index is 195. The van der Waals surface area contributed by atoms with Crippen LogP contribution in [0.1, 0.15) is 39.0 Å². The summed E-state index contributed by atoms with van der Waals surface area (Å²) in [5.41, 5.74) is 0. The lowest BCUT2D eigenvalue weighted by atomic mass is 9.85. The molecule has 2 heteroatoms. The van der Waals surface area contributed by atoms with Crippen molar-refractivity contribution < 1.29 is 0 Å². The van der Waals surface area contributed by atoms with E-state index in [1.54, 1.807) is 0 Å². The summed E-state index contributed by atoms with van der Waals surface area (Å²) in [6, 6.07) is 1.71. The zero-order valence-electron chi connectivity index (χ0n) is 10.5. The second-order valence-corrected chi connectivity index (χ2v) is 5.87. The van der Waals surface area contributed by atoms with E-state index in [-0.39, 0.29) is 0 Å². The Kier molecular flexibility index (Phi) is 3.68. The van der Waals surface area contributed by atoms with Gasteiger partial charge in [0.05, 0.1) is 0 Å². The molecule has 2 fully saturated rings. The van der Waals surface area contributed by atoms with Crippen molar-refractivity contribution in [3.05, 3.63) is 0 Å². The zero-order valence-corrected chi connectivity index (χ0v) is 10.5. The predicted octanol–water partition coefficient (Wildman–Crippen LogP) is 2.10. The van der Waals surface area contributed by atoms with Crippen LogP contribution in [0.3, 0.4) is 0 Å². The standard InChI is InChI=1S/C13H26N2/c1-10-8-13(10)14-9-11-4-6-12(7-5-11)15(2)3/h10-14H,4-9H2,1-3H3/t10-,11-,12-,13-/m1/s1. The van der Waals surface area contributed by atoms with Gasteiger partial charge in [0.15, 0.2) is 0 Å². The quantitative estimate of drug-likeness (QED) is 0.764. The topological polar surface area (TPSA) is 15.3 Å². The monoisotopic (exact) mass is 210 g/mol. The zero-order chi connectivity index (χ0) is 10.8. The largest absolute Gasteiger partial charge is 0.313 e. The van der Waals surface area contributed by atoms with Crippen molar-refractivity contribution in [2.45, 2.75) is 51.1 Å². The van der Waals surface area contributed by atoms with Crippen LogP contribution >= 0.6 is 0 Å². The lowest BCUT2D eigenvalue weighted by molar-refractivity contribution is 0.191. The van der Waals surface area contributed by atoms with Crippen molar-refractivity contribution in [2.24, 2.45) is 11.8 Å². The minimum atomic E-state index is 0.848. The van der Waals surface area contributed by atoms with Crippen LogP contribution in [-0.4, -0.2) is 37.6 Å². The van der Waals surface area contributed by atoms with E-state index in [9.17, 15) is 0 Å². The highest BCUT2D eigenvalue weighted by Gasteiger charge is 2.32. The molecule has 88 valence electrons. The Hall–Kier alpha value is -0.0800. The first-order chi connectivity index (χ1) is 7.16. The molecule has 0 amide bonds. The number of hydrogen-bond donors (Lipinski definition) is 1. The molecule has 0 aromatic rings. The molecule has 2 aliphatic carbocycles. The van der Waals surface area contributed by atoms with E-state index in [4.69, 9.17) is 0 Å². The maximum atomic E-state index is 3.71. The van der Waals surface area contributed by atoms with Crippen LogP contribution in [0.25, 0.3) is 0 Å². The van der Waals surface area contributed by atoms with Gasteiger partial charge in [-0.1, -0.05) is 6.92 Å². The fraction of sp³-hybridized carbons (Fsp3) is 1.00. The smallest absolute Gasteiger partial charge is 0.00965 e. The summed E-state index contributed by atoms with van der Waals surface area (Å²) in [7, 11) is 4.43. The summed E-state index contributed by atoms with van der Waals surface area (Å²) in [4.78, 5) is 2.40. The van der Waals surface area contributed by atoms with Gasteiger partial charge in [-0.05, 0) is 64.6 Å². The van der Waals surface area contributed by atoms with Gasteiger partial charge in [0.25, 0.3) is 0 Å². The highest BCUT2D eigenvalue weighted by atomic mass is 15.1. The van der Waals surface area contributed by atoms with Crippen LogP contribution in [0.5, 0.6) is 0 Å². The van der Waals surface area contributed by atoms with Gasteiger partial charge >= 0.3 is 0 Å². The number of rotatable bonds is 4. The van der Waals surface area contributed by atoms with E-state index in [1.807, 2.05) is 0 Å². The fourth-order valence-electron chi connectivity index (χ4n) is 2.79. The van der Waals surface area contributed by atoms with E-state index < -0.39 is 0 Å². The summed E-state index contributed by atoms with van der Waals surface area (Å²) in [5, 5.41) is 3.71. The molecular weight excluding hydrogens is 184 g/mol. The molecule has 2 saturated carbocycles. The van der Waals surface area contributed by atoms with Gasteiger partial charge in [0.1, 0.15) is 0 Å². The molecule has 0 heterocycles. The van der Waals surface area contributed by atoms with E-state index in [2.05, 4.69) is 31.2 Å². The second-order valence-electron chi connectivity index (χ2n) is 5.87. The van der Waals surface area contributed by atoms with Gasteiger partial charge in [0.2, 0.25) is 0 Å². The van der Waals surface area contributed by atoms with E-state index in [0.29, 0.717) is 0 Å². The molecule has 2 nitrogen and oxygen atoms in total. The van der Waals surface area contributed by atoms with Crippen LogP contribution in [-0.2, 0) is 0 Å². The van der Waals surface area contributed by atoms with Gasteiger partial charge in [-0.2, -0.15) is 0 Å². The first kappa shape index (κ1) is 11.4. The van der Waals surface area contributed by atoms with Crippen LogP contribution in [0.15, 0.2) is 0 Å². The van der Waals surface area contributed by atoms with Crippen molar-refractivity contribution in [2.75, 3.05) is 20.6 Å². The number of hydrogen-bond acceptors (Lipinski definition) is 2. The van der Waals surface area contributed by atoms with E-state index >= 15 is 0 Å². The Morgan fingerprint density at radius 1 is 1.13 bits per heavy atom. The molecule has 2 aliphatic rings. The second kappa shape index (κ2) is 4.84. The molecule has 1 N–H and O–H groups in total. The van der Waals surface area contributed by atoms with Crippen LogP contribution in [0, 0.1) is 11.8 Å². The molecule has 15 heavy (non-hydrogen) atoms. The van der Waals surface area contributed by atoms with Crippen molar-refractivity contribution in [1.82, 2.24) is 10.2 Å². The third-order valence-electron chi connectivity index (χ3n) is 4.32. The molecule has 2 atom stereocenters. The van der Waals surface area contributed by atoms with Gasteiger partial charge in [-0.15, -0.1) is 0 Å². The molecule has 2 rings (SSSR count). The minimum absolute atomic E-state index is 0.848. The third kappa shape index (κ3) is 3.18. The van der Waals surface area contributed by atoms with Gasteiger partial charge < -0.3 is 10.2 Å². The predicted molar refractivity (Wildman–Crippen MR) is 65.0 cm³/mol. The van der Waals surface area contributed by atoms with Crippen molar-refractivity contribution in [3.63, 3.8) is 0 Å². The van der Waals surface area contributed by atoms with Crippen LogP contribution < -0.4 is 5.32 Å². The Morgan fingerprint density at radius 3 is 2.20 bits per heavy atom. The Labute approximate surface area is 94.4 Å². The third-order valence-corrected chi connectivity index (χ3v) is 4.32. The number of nitrogens with one attached hydrogen (secondary N) is 1. The molecule has 0 radical (unpaired) electrons. The van der Waals surface area contributed by atoms with Crippen LogP contribution in [0.2, 0.25) is 0 Å². The van der Waals surface area contributed by atoms with E-state index in [1.165, 1.54) is 38.6 Å². The van der Waals surface area contributed by atoms with Crippen LogP contribution in [0.4, 0.5) is 0 Å². The van der Waals surface area contributed by atoms with E-state index in [0.717, 1.165) is 23.9 Å². The average molecular weight is 210 g/mol. The molecule has 0 bridgehead atoms. The van der Waals surface area contributed by atoms with Crippen molar-refractivity contribution >= 4 is 0 Å². The SMILES string of the molecule is C[C@@H]1C[C@H]1NC[C@H]1CC[C@H](N(C)C)CC1. The molecule has 0 spiro atoms. The Morgan fingerprint density at radius 2 is 1.73 bits per heavy atom. The Balaban J connectivity index is 1.61. The minimum Gasteiger partial charge on any atom is -0.313 e. The molecular formula is C13H26N2. The molecule has 0 unspecified atom stereocenters. The summed E-state index contributed by atoms with van der Waals surface area (Å²) >= 11 is 0. The summed E-state index contributed by atoms with van der Waals surface area (Å²) in [6.45, 7) is 3.62. The lowest BCUT2D eigenvalue weighted by Crippen LogP contribution is -2.35. The maximum Gasteiger partial charge on any atom is 0.00965 e. The molecule has 0 aromatic heterocycles. The fourth-order valence-corrected chi connectivity index (χ4v) is 2.79. The average Bonchev–Trinajstić information content (AvgIpc) is 2.92. The lowest BCUT2D eigenvalue weighted by Gasteiger charge is -2.32. The van der Waals surface area contributed by atoms with Gasteiger partial charge in [0, 0.05) is 12.1 Å². The first-order valence-electron chi connectivity index (χ1n) is 6.56. The summed E-state index contributed by atoms with van der Waals surface area (Å²) < 4.78 is 0. The van der Waals surface area contributed by atoms with Gasteiger partial charge in [-0.25, -0.2) is 0 Å². The normalized spacial score (nSPS) is 40.8. The molecule has 0 aromatic carbocycles.